The van der Waals surface area contributed by atoms with E-state index in [0.29, 0.717) is 5.69 Å². The Hall–Kier alpha value is -3.40. The predicted molar refractivity (Wildman–Crippen MR) is 102 cm³/mol. The zero-order valence-corrected chi connectivity index (χ0v) is 13.9. The lowest BCUT2D eigenvalue weighted by Gasteiger charge is -2.05. The van der Waals surface area contributed by atoms with Crippen LogP contribution in [0.15, 0.2) is 73.6 Å². The molecule has 0 aliphatic heterocycles. The van der Waals surface area contributed by atoms with Crippen LogP contribution in [0.4, 0.5) is 5.69 Å². The topological polar surface area (TPSA) is 46.9 Å². The molecule has 0 aliphatic carbocycles. The van der Waals surface area contributed by atoms with Gasteiger partial charge in [-0.25, -0.2) is 4.98 Å². The summed E-state index contributed by atoms with van der Waals surface area (Å²) in [5, 5.41) is 6.18. The largest absolute Gasteiger partial charge is 0.335 e. The van der Waals surface area contributed by atoms with E-state index in [9.17, 15) is 4.79 Å². The van der Waals surface area contributed by atoms with Crippen LogP contribution in [0.5, 0.6) is 0 Å². The number of anilines is 1. The lowest BCUT2D eigenvalue weighted by molar-refractivity contribution is -0.111. The van der Waals surface area contributed by atoms with E-state index in [-0.39, 0.29) is 5.91 Å². The Morgan fingerprint density at radius 1 is 1.16 bits per heavy atom. The average Bonchev–Trinajstić information content (AvgIpc) is 2.97. The summed E-state index contributed by atoms with van der Waals surface area (Å²) < 4.78 is 2.00. The van der Waals surface area contributed by atoms with Gasteiger partial charge in [0.05, 0.1) is 11.9 Å². The summed E-state index contributed by atoms with van der Waals surface area (Å²) in [5.74, 6) is -0.246. The van der Waals surface area contributed by atoms with Crippen LogP contribution in [0.3, 0.4) is 0 Å². The number of amides is 1. The zero-order chi connectivity index (χ0) is 17.4. The number of fused-ring (bicyclic) bond motifs is 2. The quantitative estimate of drug-likeness (QED) is 0.562. The molecule has 0 spiro atoms. The molecular weight excluding hydrogens is 310 g/mol. The van der Waals surface area contributed by atoms with E-state index in [1.54, 1.807) is 6.20 Å². The minimum atomic E-state index is -0.246. The van der Waals surface area contributed by atoms with Crippen LogP contribution in [0.2, 0.25) is 0 Å². The number of rotatable bonds is 3. The number of carbonyl (C=O) groups excluding carboxylic acids is 1. The van der Waals surface area contributed by atoms with Crippen LogP contribution in [0, 0.1) is 0 Å². The van der Waals surface area contributed by atoms with Crippen LogP contribution in [0.25, 0.3) is 32.9 Å². The number of aryl methyl sites for hydroxylation is 1. The highest BCUT2D eigenvalue weighted by Gasteiger charge is 2.11. The van der Waals surface area contributed by atoms with E-state index in [1.807, 2.05) is 29.8 Å². The van der Waals surface area contributed by atoms with Crippen molar-refractivity contribution in [2.45, 2.75) is 0 Å². The maximum Gasteiger partial charge on any atom is 0.247 e. The van der Waals surface area contributed by atoms with E-state index in [2.05, 4.69) is 53.4 Å². The van der Waals surface area contributed by atoms with Crippen molar-refractivity contribution in [3.63, 3.8) is 0 Å². The summed E-state index contributed by atoms with van der Waals surface area (Å²) in [6, 6.07) is 16.7. The van der Waals surface area contributed by atoms with Crippen molar-refractivity contribution in [2.24, 2.45) is 7.05 Å². The first-order valence-electron chi connectivity index (χ1n) is 8.03. The van der Waals surface area contributed by atoms with E-state index in [1.165, 1.54) is 16.8 Å². The fourth-order valence-corrected chi connectivity index (χ4v) is 3.11. The second-order valence-corrected chi connectivity index (χ2v) is 6.00. The molecule has 0 atom stereocenters. The van der Waals surface area contributed by atoms with Gasteiger partial charge in [-0.05, 0) is 34.5 Å². The van der Waals surface area contributed by atoms with Crippen molar-refractivity contribution >= 4 is 33.4 Å². The van der Waals surface area contributed by atoms with Crippen LogP contribution < -0.4 is 5.32 Å². The minimum absolute atomic E-state index is 0.246. The highest BCUT2D eigenvalue weighted by Crippen LogP contribution is 2.32. The lowest BCUT2D eigenvalue weighted by atomic mass is 10.0. The highest BCUT2D eigenvalue weighted by molar-refractivity contribution is 6.02. The Morgan fingerprint density at radius 3 is 2.76 bits per heavy atom. The average molecular weight is 327 g/mol. The summed E-state index contributed by atoms with van der Waals surface area (Å²) in [4.78, 5) is 16.1. The van der Waals surface area contributed by atoms with Crippen molar-refractivity contribution in [1.82, 2.24) is 9.55 Å². The molecule has 4 nitrogen and oxygen atoms in total. The van der Waals surface area contributed by atoms with Crippen LogP contribution in [0.1, 0.15) is 0 Å². The van der Waals surface area contributed by atoms with Crippen molar-refractivity contribution < 1.29 is 4.79 Å². The lowest BCUT2D eigenvalue weighted by Crippen LogP contribution is -2.07. The molecule has 2 heterocycles. The SMILES string of the molecule is C=CC(=O)Nc1cnc2c(c1)c(-c1ccc3ccccc3c1)cn2C. The molecule has 122 valence electrons. The van der Waals surface area contributed by atoms with Crippen LogP contribution in [-0.4, -0.2) is 15.5 Å². The Balaban J connectivity index is 1.88. The molecule has 2 aromatic heterocycles. The zero-order valence-electron chi connectivity index (χ0n) is 13.9. The molecule has 0 saturated heterocycles. The molecule has 4 heteroatoms. The van der Waals surface area contributed by atoms with Gasteiger partial charge >= 0.3 is 0 Å². The maximum atomic E-state index is 11.6. The summed E-state index contributed by atoms with van der Waals surface area (Å²) in [6.07, 6.45) is 4.98. The van der Waals surface area contributed by atoms with Gasteiger partial charge in [0.2, 0.25) is 5.91 Å². The molecule has 0 saturated carbocycles. The maximum absolute atomic E-state index is 11.6. The number of pyridine rings is 1. The molecule has 2 aromatic carbocycles. The standard InChI is InChI=1S/C21H17N3O/c1-3-20(25)23-17-11-18-19(13-24(2)21(18)22-12-17)16-9-8-14-6-4-5-7-15(14)10-16/h3-13H,1H2,2H3,(H,23,25). The van der Waals surface area contributed by atoms with Crippen LogP contribution in [-0.2, 0) is 11.8 Å². The van der Waals surface area contributed by atoms with Crippen molar-refractivity contribution in [3.8, 4) is 11.1 Å². The number of aromatic nitrogens is 2. The number of carbonyl (C=O) groups is 1. The molecule has 0 fully saturated rings. The van der Waals surface area contributed by atoms with Gasteiger partial charge in [-0.3, -0.25) is 4.79 Å². The summed E-state index contributed by atoms with van der Waals surface area (Å²) >= 11 is 0. The number of nitrogens with one attached hydrogen (secondary N) is 1. The van der Waals surface area contributed by atoms with Crippen molar-refractivity contribution in [1.29, 1.82) is 0 Å². The molecule has 0 bridgehead atoms. The Kier molecular flexibility index (Phi) is 3.58. The van der Waals surface area contributed by atoms with E-state index >= 15 is 0 Å². The van der Waals surface area contributed by atoms with Gasteiger partial charge < -0.3 is 9.88 Å². The third kappa shape index (κ3) is 2.68. The highest BCUT2D eigenvalue weighted by atomic mass is 16.1. The molecule has 0 radical (unpaired) electrons. The first-order chi connectivity index (χ1) is 12.2. The van der Waals surface area contributed by atoms with Gasteiger partial charge in [-0.15, -0.1) is 0 Å². The summed E-state index contributed by atoms with van der Waals surface area (Å²) in [7, 11) is 1.97. The first kappa shape index (κ1) is 15.1. The molecule has 25 heavy (non-hydrogen) atoms. The third-order valence-corrected chi connectivity index (χ3v) is 4.33. The molecule has 1 amide bonds. The minimum Gasteiger partial charge on any atom is -0.335 e. The molecule has 4 aromatic rings. The van der Waals surface area contributed by atoms with Crippen LogP contribution >= 0.6 is 0 Å². The number of benzene rings is 2. The molecular formula is C21H17N3O. The van der Waals surface area contributed by atoms with Gasteiger partial charge in [0, 0.05) is 24.2 Å². The second kappa shape index (κ2) is 5.91. The predicted octanol–water partition coefficient (Wildman–Crippen LogP) is 4.52. The molecule has 4 rings (SSSR count). The number of hydrogen-bond acceptors (Lipinski definition) is 2. The van der Waals surface area contributed by atoms with E-state index < -0.39 is 0 Å². The fourth-order valence-electron chi connectivity index (χ4n) is 3.11. The van der Waals surface area contributed by atoms with Gasteiger partial charge in [0.1, 0.15) is 5.65 Å². The van der Waals surface area contributed by atoms with Gasteiger partial charge in [-0.1, -0.05) is 43.0 Å². The molecule has 1 N–H and O–H groups in total. The first-order valence-corrected chi connectivity index (χ1v) is 8.03. The Bertz CT molecular complexity index is 1120. The van der Waals surface area contributed by atoms with Gasteiger partial charge in [0.15, 0.2) is 0 Å². The smallest absolute Gasteiger partial charge is 0.247 e. The van der Waals surface area contributed by atoms with Crippen molar-refractivity contribution in [3.05, 3.63) is 73.6 Å². The number of hydrogen-bond donors (Lipinski definition) is 1. The Labute approximate surface area is 145 Å². The van der Waals surface area contributed by atoms with Gasteiger partial charge in [0.25, 0.3) is 0 Å². The molecule has 0 unspecified atom stereocenters. The summed E-state index contributed by atoms with van der Waals surface area (Å²) in [6.45, 7) is 3.48. The number of nitrogens with zero attached hydrogens (tertiary/aromatic N) is 2. The fraction of sp³-hybridized carbons (Fsp3) is 0.0476. The second-order valence-electron chi connectivity index (χ2n) is 6.00. The molecule has 0 aliphatic rings. The van der Waals surface area contributed by atoms with Crippen molar-refractivity contribution in [2.75, 3.05) is 5.32 Å². The van der Waals surface area contributed by atoms with E-state index in [4.69, 9.17) is 0 Å². The Morgan fingerprint density at radius 2 is 1.96 bits per heavy atom. The monoisotopic (exact) mass is 327 g/mol. The van der Waals surface area contributed by atoms with E-state index in [0.717, 1.165) is 22.2 Å². The normalized spacial score (nSPS) is 10.9. The third-order valence-electron chi connectivity index (χ3n) is 4.33. The van der Waals surface area contributed by atoms with Gasteiger partial charge in [-0.2, -0.15) is 0 Å². The summed E-state index contributed by atoms with van der Waals surface area (Å²) in [5.41, 5.74) is 3.74.